The lowest BCUT2D eigenvalue weighted by Crippen LogP contribution is -2.01. The number of aliphatic carboxylic acids is 1. The van der Waals surface area contributed by atoms with Crippen LogP contribution >= 0.6 is 0 Å². The van der Waals surface area contributed by atoms with E-state index in [4.69, 9.17) is 5.11 Å². The first-order valence-corrected chi connectivity index (χ1v) is 7.64. The molecule has 4 heteroatoms. The average Bonchev–Trinajstić information content (AvgIpc) is 2.42. The molecule has 0 radical (unpaired) electrons. The highest BCUT2D eigenvalue weighted by Crippen LogP contribution is 2.11. The van der Waals surface area contributed by atoms with E-state index in [9.17, 15) is 4.79 Å². The van der Waals surface area contributed by atoms with Gasteiger partial charge >= 0.3 is 5.97 Å². The number of hydrogen-bond acceptors (Lipinski definition) is 3. The molecule has 0 atom stereocenters. The summed E-state index contributed by atoms with van der Waals surface area (Å²) in [6, 6.07) is 6.12. The predicted molar refractivity (Wildman–Crippen MR) is 82.1 cm³/mol. The third kappa shape index (κ3) is 7.77. The van der Waals surface area contributed by atoms with Gasteiger partial charge in [0.25, 0.3) is 0 Å². The Morgan fingerprint density at radius 1 is 1.15 bits per heavy atom. The third-order valence-corrected chi connectivity index (χ3v) is 3.24. The summed E-state index contributed by atoms with van der Waals surface area (Å²) in [7, 11) is 0. The molecule has 0 bridgehead atoms. The Labute approximate surface area is 121 Å². The Morgan fingerprint density at radius 2 is 1.85 bits per heavy atom. The zero-order valence-corrected chi connectivity index (χ0v) is 12.4. The van der Waals surface area contributed by atoms with E-state index in [-0.39, 0.29) is 0 Å². The van der Waals surface area contributed by atoms with E-state index < -0.39 is 5.97 Å². The smallest absolute Gasteiger partial charge is 0.303 e. The molecule has 2 N–H and O–H groups in total. The summed E-state index contributed by atoms with van der Waals surface area (Å²) in [4.78, 5) is 14.9. The maximum atomic E-state index is 10.4. The van der Waals surface area contributed by atoms with E-state index in [1.165, 1.54) is 12.8 Å². The van der Waals surface area contributed by atoms with Crippen LogP contribution in [-0.2, 0) is 11.2 Å². The predicted octanol–water partition coefficient (Wildman–Crippen LogP) is 3.87. The summed E-state index contributed by atoms with van der Waals surface area (Å²) < 4.78 is 0. The van der Waals surface area contributed by atoms with Gasteiger partial charge in [-0.3, -0.25) is 4.79 Å². The highest BCUT2D eigenvalue weighted by molar-refractivity contribution is 5.66. The highest BCUT2D eigenvalue weighted by Gasteiger charge is 1.99. The van der Waals surface area contributed by atoms with Crippen molar-refractivity contribution in [2.24, 2.45) is 0 Å². The number of anilines is 1. The molecular formula is C16H26N2O2. The van der Waals surface area contributed by atoms with Gasteiger partial charge in [-0.2, -0.15) is 0 Å². The van der Waals surface area contributed by atoms with Crippen LogP contribution in [0.15, 0.2) is 18.2 Å². The normalized spacial score (nSPS) is 10.4. The SMILES string of the molecule is CCNc1cccc(CCCCCCCCC(=O)O)n1. The summed E-state index contributed by atoms with van der Waals surface area (Å²) in [5, 5.41) is 11.8. The van der Waals surface area contributed by atoms with Crippen LogP contribution in [0.5, 0.6) is 0 Å². The third-order valence-electron chi connectivity index (χ3n) is 3.24. The topological polar surface area (TPSA) is 62.2 Å². The molecule has 1 heterocycles. The molecule has 1 rings (SSSR count). The fourth-order valence-electron chi connectivity index (χ4n) is 2.19. The van der Waals surface area contributed by atoms with Crippen molar-refractivity contribution in [2.45, 2.75) is 58.3 Å². The van der Waals surface area contributed by atoms with Crippen molar-refractivity contribution < 1.29 is 9.90 Å². The Hall–Kier alpha value is -1.58. The number of nitrogens with zero attached hydrogens (tertiary/aromatic N) is 1. The van der Waals surface area contributed by atoms with Gasteiger partial charge in [0, 0.05) is 18.7 Å². The van der Waals surface area contributed by atoms with Crippen LogP contribution in [0.25, 0.3) is 0 Å². The quantitative estimate of drug-likeness (QED) is 0.603. The maximum absolute atomic E-state index is 10.4. The van der Waals surface area contributed by atoms with Crippen molar-refractivity contribution in [1.82, 2.24) is 4.98 Å². The lowest BCUT2D eigenvalue weighted by molar-refractivity contribution is -0.137. The molecule has 4 nitrogen and oxygen atoms in total. The summed E-state index contributed by atoms with van der Waals surface area (Å²) in [5.74, 6) is 0.273. The number of hydrogen-bond donors (Lipinski definition) is 2. The molecule has 0 amide bonds. The molecular weight excluding hydrogens is 252 g/mol. The van der Waals surface area contributed by atoms with Gasteiger partial charge in [0.05, 0.1) is 0 Å². The van der Waals surface area contributed by atoms with E-state index in [2.05, 4.69) is 23.3 Å². The second kappa shape index (κ2) is 10.2. The monoisotopic (exact) mass is 278 g/mol. The molecule has 0 aliphatic carbocycles. The fraction of sp³-hybridized carbons (Fsp3) is 0.625. The molecule has 0 unspecified atom stereocenters. The molecule has 0 aliphatic heterocycles. The molecule has 0 aliphatic rings. The fourth-order valence-corrected chi connectivity index (χ4v) is 2.19. The second-order valence-corrected chi connectivity index (χ2v) is 5.06. The lowest BCUT2D eigenvalue weighted by atomic mass is 10.1. The minimum Gasteiger partial charge on any atom is -0.481 e. The summed E-state index contributed by atoms with van der Waals surface area (Å²) in [5.41, 5.74) is 1.15. The number of aryl methyl sites for hydroxylation is 1. The van der Waals surface area contributed by atoms with Crippen LogP contribution in [0.3, 0.4) is 0 Å². The molecule has 20 heavy (non-hydrogen) atoms. The largest absolute Gasteiger partial charge is 0.481 e. The molecule has 1 aromatic rings. The van der Waals surface area contributed by atoms with Crippen LogP contribution in [0.4, 0.5) is 5.82 Å². The maximum Gasteiger partial charge on any atom is 0.303 e. The Bertz CT molecular complexity index is 394. The van der Waals surface area contributed by atoms with Crippen molar-refractivity contribution in [2.75, 3.05) is 11.9 Å². The highest BCUT2D eigenvalue weighted by atomic mass is 16.4. The number of rotatable bonds is 11. The number of carboxylic acid groups (broad SMARTS) is 1. The van der Waals surface area contributed by atoms with Gasteiger partial charge in [0.2, 0.25) is 0 Å². The molecule has 0 fully saturated rings. The van der Waals surface area contributed by atoms with Crippen molar-refractivity contribution in [1.29, 1.82) is 0 Å². The number of aromatic nitrogens is 1. The number of nitrogens with one attached hydrogen (secondary N) is 1. The zero-order valence-electron chi connectivity index (χ0n) is 12.4. The van der Waals surface area contributed by atoms with Crippen molar-refractivity contribution in [3.63, 3.8) is 0 Å². The molecule has 0 spiro atoms. The van der Waals surface area contributed by atoms with E-state index in [0.29, 0.717) is 6.42 Å². The van der Waals surface area contributed by atoms with E-state index >= 15 is 0 Å². The lowest BCUT2D eigenvalue weighted by Gasteiger charge is -2.05. The van der Waals surface area contributed by atoms with Gasteiger partial charge in [-0.1, -0.05) is 31.7 Å². The Morgan fingerprint density at radius 3 is 2.55 bits per heavy atom. The van der Waals surface area contributed by atoms with Crippen LogP contribution < -0.4 is 5.32 Å². The van der Waals surface area contributed by atoms with E-state index in [1.807, 2.05) is 12.1 Å². The average molecular weight is 278 g/mol. The molecule has 0 saturated heterocycles. The minimum absolute atomic E-state index is 0.307. The number of carboxylic acids is 1. The van der Waals surface area contributed by atoms with E-state index in [0.717, 1.165) is 50.2 Å². The standard InChI is InChI=1S/C16H26N2O2/c1-2-17-15-12-9-11-14(18-15)10-7-5-3-4-6-8-13-16(19)20/h9,11-12H,2-8,10,13H2,1H3,(H,17,18)(H,19,20). The number of pyridine rings is 1. The summed E-state index contributed by atoms with van der Waals surface area (Å²) in [6.45, 7) is 2.96. The van der Waals surface area contributed by atoms with E-state index in [1.54, 1.807) is 0 Å². The second-order valence-electron chi connectivity index (χ2n) is 5.06. The molecule has 112 valence electrons. The van der Waals surface area contributed by atoms with Gasteiger partial charge in [-0.15, -0.1) is 0 Å². The summed E-state index contributed by atoms with van der Waals surface area (Å²) in [6.07, 6.45) is 7.84. The van der Waals surface area contributed by atoms with Crippen LogP contribution in [0, 0.1) is 0 Å². The van der Waals surface area contributed by atoms with Gasteiger partial charge in [-0.25, -0.2) is 4.98 Å². The van der Waals surface area contributed by atoms with Crippen molar-refractivity contribution >= 4 is 11.8 Å². The first-order chi connectivity index (χ1) is 9.72. The Kier molecular flexibility index (Phi) is 8.43. The molecule has 1 aromatic heterocycles. The first-order valence-electron chi connectivity index (χ1n) is 7.64. The van der Waals surface area contributed by atoms with Crippen molar-refractivity contribution in [3.05, 3.63) is 23.9 Å². The summed E-state index contributed by atoms with van der Waals surface area (Å²) >= 11 is 0. The van der Waals surface area contributed by atoms with Gasteiger partial charge in [0.1, 0.15) is 5.82 Å². The van der Waals surface area contributed by atoms with Crippen molar-refractivity contribution in [3.8, 4) is 0 Å². The van der Waals surface area contributed by atoms with Gasteiger partial charge in [0.15, 0.2) is 0 Å². The zero-order chi connectivity index (χ0) is 14.6. The van der Waals surface area contributed by atoms with Crippen LogP contribution in [0.1, 0.15) is 57.6 Å². The van der Waals surface area contributed by atoms with Crippen LogP contribution in [-0.4, -0.2) is 22.6 Å². The van der Waals surface area contributed by atoms with Gasteiger partial charge in [-0.05, 0) is 38.3 Å². The van der Waals surface area contributed by atoms with Crippen LogP contribution in [0.2, 0.25) is 0 Å². The molecule has 0 aromatic carbocycles. The number of unbranched alkanes of at least 4 members (excludes halogenated alkanes) is 5. The molecule has 0 saturated carbocycles. The Balaban J connectivity index is 2.06. The number of carbonyl (C=O) groups is 1. The van der Waals surface area contributed by atoms with Gasteiger partial charge < -0.3 is 10.4 Å². The minimum atomic E-state index is -0.684. The first kappa shape index (κ1) is 16.5.